The zero-order valence-electron chi connectivity index (χ0n) is 11.5. The molecule has 0 saturated carbocycles. The van der Waals surface area contributed by atoms with E-state index in [0.717, 1.165) is 4.47 Å². The van der Waals surface area contributed by atoms with Crippen molar-refractivity contribution in [1.29, 1.82) is 0 Å². The second kappa shape index (κ2) is 7.70. The third-order valence-corrected chi connectivity index (χ3v) is 3.34. The summed E-state index contributed by atoms with van der Waals surface area (Å²) in [6.07, 6.45) is 0. The lowest BCUT2D eigenvalue weighted by Gasteiger charge is -2.07. The van der Waals surface area contributed by atoms with Crippen LogP contribution in [0.15, 0.2) is 53.0 Å². The quantitative estimate of drug-likeness (QED) is 0.828. The maximum Gasteiger partial charge on any atom is 0.325 e. The summed E-state index contributed by atoms with van der Waals surface area (Å²) in [5.74, 6) is -1.27. The smallest absolute Gasteiger partial charge is 0.325 e. The number of hydrogen-bond acceptors (Lipinski definition) is 3. The Labute approximate surface area is 135 Å². The van der Waals surface area contributed by atoms with Gasteiger partial charge in [0.15, 0.2) is 0 Å². The number of carbonyl (C=O) groups is 2. The van der Waals surface area contributed by atoms with E-state index >= 15 is 0 Å². The van der Waals surface area contributed by atoms with Crippen LogP contribution in [0.25, 0.3) is 0 Å². The first-order chi connectivity index (χ1) is 10.5. The van der Waals surface area contributed by atoms with Crippen LogP contribution < -0.4 is 5.32 Å². The molecule has 0 heterocycles. The summed E-state index contributed by atoms with van der Waals surface area (Å²) >= 11 is 3.27. The molecular weight excluding hydrogens is 353 g/mol. The van der Waals surface area contributed by atoms with Crippen molar-refractivity contribution < 1.29 is 18.7 Å². The number of nitrogens with one attached hydrogen (secondary N) is 1. The van der Waals surface area contributed by atoms with Crippen molar-refractivity contribution in [3.05, 3.63) is 69.9 Å². The van der Waals surface area contributed by atoms with Gasteiger partial charge >= 0.3 is 5.97 Å². The topological polar surface area (TPSA) is 55.4 Å². The van der Waals surface area contributed by atoms with Crippen LogP contribution in [0.3, 0.4) is 0 Å². The van der Waals surface area contributed by atoms with Gasteiger partial charge in [0.1, 0.15) is 19.0 Å². The fourth-order valence-electron chi connectivity index (χ4n) is 1.65. The Hall–Kier alpha value is -2.21. The monoisotopic (exact) mass is 365 g/mol. The van der Waals surface area contributed by atoms with E-state index in [9.17, 15) is 14.0 Å². The minimum atomic E-state index is -0.560. The van der Waals surface area contributed by atoms with E-state index in [1.807, 2.05) is 0 Å². The number of carbonyl (C=O) groups excluding carboxylic acids is 2. The largest absolute Gasteiger partial charge is 0.460 e. The minimum Gasteiger partial charge on any atom is -0.460 e. The summed E-state index contributed by atoms with van der Waals surface area (Å²) in [6, 6.07) is 12.4. The molecule has 2 aromatic carbocycles. The average Bonchev–Trinajstić information content (AvgIpc) is 2.52. The second-order valence-electron chi connectivity index (χ2n) is 4.48. The van der Waals surface area contributed by atoms with E-state index in [1.54, 1.807) is 24.3 Å². The van der Waals surface area contributed by atoms with Gasteiger partial charge in [0.2, 0.25) is 0 Å². The molecule has 0 aliphatic heterocycles. The fourth-order valence-corrected chi connectivity index (χ4v) is 1.92. The summed E-state index contributed by atoms with van der Waals surface area (Å²) in [5, 5.41) is 2.47. The van der Waals surface area contributed by atoms with Crippen molar-refractivity contribution >= 4 is 27.8 Å². The molecule has 1 amide bonds. The maximum absolute atomic E-state index is 12.7. The van der Waals surface area contributed by atoms with Crippen molar-refractivity contribution in [2.45, 2.75) is 6.61 Å². The number of rotatable bonds is 5. The number of esters is 1. The molecule has 6 heteroatoms. The zero-order valence-corrected chi connectivity index (χ0v) is 13.1. The van der Waals surface area contributed by atoms with E-state index in [2.05, 4.69) is 21.2 Å². The molecular formula is C16H13BrFNO3. The van der Waals surface area contributed by atoms with E-state index in [-0.39, 0.29) is 24.9 Å². The molecule has 0 bridgehead atoms. The highest BCUT2D eigenvalue weighted by Gasteiger charge is 2.09. The van der Waals surface area contributed by atoms with Gasteiger partial charge in [-0.1, -0.05) is 28.1 Å². The van der Waals surface area contributed by atoms with Gasteiger partial charge in [0.05, 0.1) is 0 Å². The van der Waals surface area contributed by atoms with Crippen LogP contribution in [0.5, 0.6) is 0 Å². The molecule has 0 unspecified atom stereocenters. The molecule has 114 valence electrons. The molecule has 0 saturated heterocycles. The molecule has 0 aliphatic carbocycles. The van der Waals surface area contributed by atoms with Crippen molar-refractivity contribution in [1.82, 2.24) is 5.32 Å². The van der Waals surface area contributed by atoms with Crippen molar-refractivity contribution in [2.24, 2.45) is 0 Å². The van der Waals surface area contributed by atoms with Crippen LogP contribution in [0, 0.1) is 5.82 Å². The van der Waals surface area contributed by atoms with E-state index in [1.165, 1.54) is 24.3 Å². The van der Waals surface area contributed by atoms with Gasteiger partial charge in [0.25, 0.3) is 5.91 Å². The number of hydrogen-bond donors (Lipinski definition) is 1. The van der Waals surface area contributed by atoms with Gasteiger partial charge in [-0.3, -0.25) is 9.59 Å². The third kappa shape index (κ3) is 4.96. The van der Waals surface area contributed by atoms with E-state index in [4.69, 9.17) is 4.74 Å². The molecule has 0 spiro atoms. The molecule has 2 aromatic rings. The van der Waals surface area contributed by atoms with E-state index in [0.29, 0.717) is 11.1 Å². The highest BCUT2D eigenvalue weighted by atomic mass is 79.9. The Bertz CT molecular complexity index is 656. The van der Waals surface area contributed by atoms with Gasteiger partial charge in [-0.15, -0.1) is 0 Å². The molecule has 0 fully saturated rings. The normalized spacial score (nSPS) is 10.1. The third-order valence-electron chi connectivity index (χ3n) is 2.81. The Morgan fingerprint density at radius 1 is 1.05 bits per heavy atom. The Morgan fingerprint density at radius 2 is 1.68 bits per heavy atom. The van der Waals surface area contributed by atoms with Gasteiger partial charge < -0.3 is 10.1 Å². The Morgan fingerprint density at radius 3 is 2.32 bits per heavy atom. The van der Waals surface area contributed by atoms with Crippen molar-refractivity contribution in [2.75, 3.05) is 6.54 Å². The molecule has 2 rings (SSSR count). The lowest BCUT2D eigenvalue weighted by atomic mass is 10.2. The molecule has 0 aromatic heterocycles. The molecule has 0 aliphatic rings. The zero-order chi connectivity index (χ0) is 15.9. The van der Waals surface area contributed by atoms with Crippen LogP contribution in [0.2, 0.25) is 0 Å². The highest BCUT2D eigenvalue weighted by molar-refractivity contribution is 9.10. The number of ether oxygens (including phenoxy) is 1. The lowest BCUT2D eigenvalue weighted by molar-refractivity contribution is -0.143. The maximum atomic E-state index is 12.7. The van der Waals surface area contributed by atoms with Crippen LogP contribution in [0.1, 0.15) is 15.9 Å². The van der Waals surface area contributed by atoms with Gasteiger partial charge in [-0.25, -0.2) is 4.39 Å². The Kier molecular flexibility index (Phi) is 5.66. The fraction of sp³-hybridized carbons (Fsp3) is 0.125. The predicted octanol–water partition coefficient (Wildman–Crippen LogP) is 3.06. The molecule has 0 radical (unpaired) electrons. The van der Waals surface area contributed by atoms with Crippen molar-refractivity contribution in [3.63, 3.8) is 0 Å². The first-order valence-corrected chi connectivity index (χ1v) is 7.28. The van der Waals surface area contributed by atoms with Crippen LogP contribution in [-0.4, -0.2) is 18.4 Å². The summed E-state index contributed by atoms with van der Waals surface area (Å²) in [4.78, 5) is 23.4. The summed E-state index contributed by atoms with van der Waals surface area (Å²) in [5.41, 5.74) is 1.13. The van der Waals surface area contributed by atoms with Crippen LogP contribution in [-0.2, 0) is 16.1 Å². The second-order valence-corrected chi connectivity index (χ2v) is 5.39. The van der Waals surface area contributed by atoms with Crippen LogP contribution >= 0.6 is 15.9 Å². The van der Waals surface area contributed by atoms with E-state index < -0.39 is 5.97 Å². The summed E-state index contributed by atoms with van der Waals surface area (Å²) < 4.78 is 18.6. The molecule has 22 heavy (non-hydrogen) atoms. The standard InChI is InChI=1S/C16H13BrFNO3/c17-13-5-3-12(4-6-13)16(21)19-9-15(20)22-10-11-1-7-14(18)8-2-11/h1-8H,9-10H2,(H,19,21). The average molecular weight is 366 g/mol. The predicted molar refractivity (Wildman–Crippen MR) is 82.7 cm³/mol. The molecule has 4 nitrogen and oxygen atoms in total. The van der Waals surface area contributed by atoms with Crippen LogP contribution in [0.4, 0.5) is 4.39 Å². The van der Waals surface area contributed by atoms with Gasteiger partial charge in [0, 0.05) is 10.0 Å². The number of amides is 1. The first-order valence-electron chi connectivity index (χ1n) is 6.48. The first kappa shape index (κ1) is 16.2. The number of halogens is 2. The molecule has 1 N–H and O–H groups in total. The minimum absolute atomic E-state index is 0.0350. The highest BCUT2D eigenvalue weighted by Crippen LogP contribution is 2.10. The van der Waals surface area contributed by atoms with Gasteiger partial charge in [-0.05, 0) is 42.0 Å². The lowest BCUT2D eigenvalue weighted by Crippen LogP contribution is -2.30. The SMILES string of the molecule is O=C(CNC(=O)c1ccc(Br)cc1)OCc1ccc(F)cc1. The number of benzene rings is 2. The Balaban J connectivity index is 1.76. The summed E-state index contributed by atoms with van der Waals surface area (Å²) in [6.45, 7) is -0.191. The molecule has 0 atom stereocenters. The summed E-state index contributed by atoms with van der Waals surface area (Å²) in [7, 11) is 0. The van der Waals surface area contributed by atoms with Gasteiger partial charge in [-0.2, -0.15) is 0 Å². The van der Waals surface area contributed by atoms with Crippen molar-refractivity contribution in [3.8, 4) is 0 Å².